The Morgan fingerprint density at radius 3 is 2.58 bits per heavy atom. The molecule has 0 amide bonds. The van der Waals surface area contributed by atoms with Crippen LogP contribution in [0.15, 0.2) is 35.5 Å². The number of hydrogen-bond acceptors (Lipinski definition) is 0. The van der Waals surface area contributed by atoms with Gasteiger partial charge in [0.25, 0.3) is 0 Å². The van der Waals surface area contributed by atoms with E-state index >= 15 is 0 Å². The van der Waals surface area contributed by atoms with Crippen LogP contribution in [0.5, 0.6) is 0 Å². The van der Waals surface area contributed by atoms with Crippen molar-refractivity contribution in [3.63, 3.8) is 0 Å². The van der Waals surface area contributed by atoms with Crippen LogP contribution in [0, 0.1) is 29.1 Å². The SMILES string of the molecule is CC1CC(C2CC=CCC2)C2C=C(C(C)(C)C)C=C12. The maximum Gasteiger partial charge on any atom is 0.00199 e. The van der Waals surface area contributed by atoms with Gasteiger partial charge in [-0.25, -0.2) is 0 Å². The first-order chi connectivity index (χ1) is 8.97. The zero-order valence-electron chi connectivity index (χ0n) is 12.9. The van der Waals surface area contributed by atoms with Crippen LogP contribution in [0.4, 0.5) is 0 Å². The van der Waals surface area contributed by atoms with Gasteiger partial charge in [0.2, 0.25) is 0 Å². The van der Waals surface area contributed by atoms with Gasteiger partial charge in [-0.2, -0.15) is 0 Å². The molecule has 3 aliphatic carbocycles. The van der Waals surface area contributed by atoms with Gasteiger partial charge in [-0.3, -0.25) is 0 Å². The molecule has 4 atom stereocenters. The van der Waals surface area contributed by atoms with E-state index in [4.69, 9.17) is 0 Å². The summed E-state index contributed by atoms with van der Waals surface area (Å²) in [5, 5.41) is 0. The normalized spacial score (nSPS) is 38.1. The monoisotopic (exact) mass is 256 g/mol. The molecule has 0 radical (unpaired) electrons. The summed E-state index contributed by atoms with van der Waals surface area (Å²) in [4.78, 5) is 0. The molecule has 1 saturated carbocycles. The van der Waals surface area contributed by atoms with Crippen molar-refractivity contribution in [1.82, 2.24) is 0 Å². The van der Waals surface area contributed by atoms with E-state index in [1.807, 2.05) is 0 Å². The minimum Gasteiger partial charge on any atom is -0.0885 e. The molecule has 0 saturated heterocycles. The lowest BCUT2D eigenvalue weighted by molar-refractivity contribution is 0.277. The van der Waals surface area contributed by atoms with Crippen molar-refractivity contribution in [1.29, 1.82) is 0 Å². The highest BCUT2D eigenvalue weighted by Crippen LogP contribution is 2.52. The van der Waals surface area contributed by atoms with Gasteiger partial charge in [0.15, 0.2) is 0 Å². The summed E-state index contributed by atoms with van der Waals surface area (Å²) in [5.74, 6) is 3.41. The van der Waals surface area contributed by atoms with E-state index in [1.54, 1.807) is 11.1 Å². The zero-order valence-corrected chi connectivity index (χ0v) is 12.9. The molecular weight excluding hydrogens is 228 g/mol. The highest BCUT2D eigenvalue weighted by Gasteiger charge is 2.42. The second kappa shape index (κ2) is 4.65. The average molecular weight is 256 g/mol. The van der Waals surface area contributed by atoms with Crippen molar-refractivity contribution in [2.45, 2.75) is 53.4 Å². The molecule has 0 heteroatoms. The summed E-state index contributed by atoms with van der Waals surface area (Å²) in [5.41, 5.74) is 3.63. The van der Waals surface area contributed by atoms with Gasteiger partial charge < -0.3 is 0 Å². The first-order valence-electron chi connectivity index (χ1n) is 8.05. The minimum absolute atomic E-state index is 0.314. The van der Waals surface area contributed by atoms with Gasteiger partial charge in [0, 0.05) is 5.92 Å². The highest BCUT2D eigenvalue weighted by atomic mass is 14.5. The van der Waals surface area contributed by atoms with Gasteiger partial charge >= 0.3 is 0 Å². The summed E-state index contributed by atoms with van der Waals surface area (Å²) in [6, 6.07) is 0. The summed E-state index contributed by atoms with van der Waals surface area (Å²) in [6.07, 6.45) is 15.4. The number of hydrogen-bond donors (Lipinski definition) is 0. The summed E-state index contributed by atoms with van der Waals surface area (Å²) in [7, 11) is 0. The smallest absolute Gasteiger partial charge is 0.00199 e. The Kier molecular flexibility index (Phi) is 3.23. The number of fused-ring (bicyclic) bond motifs is 1. The van der Waals surface area contributed by atoms with E-state index < -0.39 is 0 Å². The van der Waals surface area contributed by atoms with Crippen molar-refractivity contribution in [2.75, 3.05) is 0 Å². The standard InChI is InChI=1S/C19H28/c1-13-10-17(14-8-6-5-7-9-14)18-12-15(11-16(13)18)19(2,3)4/h5-6,11-14,17-18H,7-10H2,1-4H3. The van der Waals surface area contributed by atoms with E-state index in [0.717, 1.165) is 23.7 Å². The topological polar surface area (TPSA) is 0 Å². The fourth-order valence-corrected chi connectivity index (χ4v) is 4.30. The molecule has 0 aromatic heterocycles. The number of rotatable bonds is 1. The van der Waals surface area contributed by atoms with Crippen LogP contribution in [-0.2, 0) is 0 Å². The first kappa shape index (κ1) is 13.2. The molecule has 0 heterocycles. The Labute approximate surface area is 118 Å². The third kappa shape index (κ3) is 2.35. The molecule has 0 nitrogen and oxygen atoms in total. The lowest BCUT2D eigenvalue weighted by atomic mass is 9.77. The van der Waals surface area contributed by atoms with Crippen molar-refractivity contribution < 1.29 is 0 Å². The van der Waals surface area contributed by atoms with E-state index in [-0.39, 0.29) is 0 Å². The highest BCUT2D eigenvalue weighted by molar-refractivity contribution is 5.42. The van der Waals surface area contributed by atoms with Gasteiger partial charge in [0.1, 0.15) is 0 Å². The van der Waals surface area contributed by atoms with Crippen molar-refractivity contribution >= 4 is 0 Å². The molecule has 4 unspecified atom stereocenters. The minimum atomic E-state index is 0.314. The largest absolute Gasteiger partial charge is 0.0885 e. The van der Waals surface area contributed by atoms with Crippen LogP contribution in [0.1, 0.15) is 53.4 Å². The molecule has 104 valence electrons. The zero-order chi connectivity index (χ0) is 13.6. The van der Waals surface area contributed by atoms with Crippen LogP contribution >= 0.6 is 0 Å². The molecule has 0 N–H and O–H groups in total. The van der Waals surface area contributed by atoms with Crippen LogP contribution in [0.25, 0.3) is 0 Å². The summed E-state index contributed by atoms with van der Waals surface area (Å²) >= 11 is 0. The Morgan fingerprint density at radius 1 is 1.16 bits per heavy atom. The van der Waals surface area contributed by atoms with Crippen LogP contribution in [0.3, 0.4) is 0 Å². The Morgan fingerprint density at radius 2 is 1.95 bits per heavy atom. The summed E-state index contributed by atoms with van der Waals surface area (Å²) < 4.78 is 0. The molecule has 3 aliphatic rings. The average Bonchev–Trinajstić information content (AvgIpc) is 2.91. The lowest BCUT2D eigenvalue weighted by Crippen LogP contribution is -2.19. The van der Waals surface area contributed by atoms with Crippen LogP contribution in [0.2, 0.25) is 0 Å². The predicted octanol–water partition coefficient (Wildman–Crippen LogP) is 5.53. The van der Waals surface area contributed by atoms with E-state index in [1.165, 1.54) is 25.7 Å². The Bertz CT molecular complexity index is 441. The molecule has 0 aliphatic heterocycles. The van der Waals surface area contributed by atoms with Gasteiger partial charge in [-0.05, 0) is 54.4 Å². The molecule has 19 heavy (non-hydrogen) atoms. The second-order valence-electron chi connectivity index (χ2n) is 7.89. The van der Waals surface area contributed by atoms with Gasteiger partial charge in [0.05, 0.1) is 0 Å². The molecule has 0 spiro atoms. The van der Waals surface area contributed by atoms with Crippen molar-refractivity contribution in [2.24, 2.45) is 29.1 Å². The predicted molar refractivity (Wildman–Crippen MR) is 82.9 cm³/mol. The second-order valence-corrected chi connectivity index (χ2v) is 7.89. The van der Waals surface area contributed by atoms with Crippen molar-refractivity contribution in [3.05, 3.63) is 35.5 Å². The maximum absolute atomic E-state index is 2.61. The first-order valence-corrected chi connectivity index (χ1v) is 8.05. The van der Waals surface area contributed by atoms with Gasteiger partial charge in [-0.15, -0.1) is 0 Å². The molecule has 0 aromatic carbocycles. The molecule has 0 aromatic rings. The lowest BCUT2D eigenvalue weighted by Gasteiger charge is -2.28. The molecule has 0 bridgehead atoms. The molecular formula is C19H28. The van der Waals surface area contributed by atoms with E-state index in [9.17, 15) is 0 Å². The Balaban J connectivity index is 1.84. The molecule has 3 rings (SSSR count). The van der Waals surface area contributed by atoms with Gasteiger partial charge in [-0.1, -0.05) is 57.6 Å². The maximum atomic E-state index is 2.61. The van der Waals surface area contributed by atoms with Crippen LogP contribution < -0.4 is 0 Å². The molecule has 1 fully saturated rings. The third-order valence-corrected chi connectivity index (χ3v) is 5.50. The van der Waals surface area contributed by atoms with Crippen LogP contribution in [-0.4, -0.2) is 0 Å². The number of allylic oxidation sites excluding steroid dienone is 6. The quantitative estimate of drug-likeness (QED) is 0.541. The third-order valence-electron chi connectivity index (χ3n) is 5.50. The van der Waals surface area contributed by atoms with Crippen molar-refractivity contribution in [3.8, 4) is 0 Å². The van der Waals surface area contributed by atoms with E-state index in [2.05, 4.69) is 52.0 Å². The Hall–Kier alpha value is -0.780. The fraction of sp³-hybridized carbons (Fsp3) is 0.684. The summed E-state index contributed by atoms with van der Waals surface area (Å²) in [6.45, 7) is 9.48. The fourth-order valence-electron chi connectivity index (χ4n) is 4.30. The van der Waals surface area contributed by atoms with E-state index in [0.29, 0.717) is 5.41 Å².